The first-order valence-corrected chi connectivity index (χ1v) is 11.8. The van der Waals surface area contributed by atoms with Crippen molar-refractivity contribution in [3.05, 3.63) is 25.3 Å². The molecular weight excluding hydrogens is 448 g/mol. The van der Waals surface area contributed by atoms with Crippen molar-refractivity contribution in [2.75, 3.05) is 92.5 Å². The first kappa shape index (κ1) is 32.2. The first-order chi connectivity index (χ1) is 16.7. The third kappa shape index (κ3) is 26.4. The fraction of sp³-hybridized carbons (Fsp3) is 0.750. The molecule has 0 amide bonds. The van der Waals surface area contributed by atoms with Gasteiger partial charge in [0.25, 0.3) is 0 Å². The molecule has 0 spiro atoms. The topological polar surface area (TPSA) is 108 Å². The molecule has 0 aliphatic rings. The number of ether oxygens (including phenoxy) is 8. The van der Waals surface area contributed by atoms with E-state index in [0.717, 1.165) is 51.0 Å². The Bertz CT molecular complexity index is 454. The summed E-state index contributed by atoms with van der Waals surface area (Å²) >= 11 is 0. The fourth-order valence-electron chi connectivity index (χ4n) is 2.37. The van der Waals surface area contributed by atoms with Crippen LogP contribution in [0.15, 0.2) is 25.3 Å². The fourth-order valence-corrected chi connectivity index (χ4v) is 2.37. The third-order valence-electron chi connectivity index (χ3n) is 4.09. The van der Waals surface area contributed by atoms with Gasteiger partial charge in [0, 0.05) is 25.4 Å². The Kier molecular flexibility index (Phi) is 26.0. The Balaban J connectivity index is 3.06. The van der Waals surface area contributed by atoms with Gasteiger partial charge in [0.15, 0.2) is 0 Å². The van der Waals surface area contributed by atoms with Gasteiger partial charge in [-0.25, -0.2) is 9.59 Å². The van der Waals surface area contributed by atoms with Crippen LogP contribution in [0.2, 0.25) is 0 Å². The lowest BCUT2D eigenvalue weighted by molar-refractivity contribution is -0.140. The molecule has 10 nitrogen and oxygen atoms in total. The number of esters is 2. The van der Waals surface area contributed by atoms with Crippen molar-refractivity contribution in [3.63, 3.8) is 0 Å². The summed E-state index contributed by atoms with van der Waals surface area (Å²) in [6.45, 7) is 13.2. The smallest absolute Gasteiger partial charge is 0.330 e. The van der Waals surface area contributed by atoms with E-state index in [1.165, 1.54) is 0 Å². The molecule has 198 valence electrons. The van der Waals surface area contributed by atoms with Crippen LogP contribution in [0.4, 0.5) is 0 Å². The van der Waals surface area contributed by atoms with Crippen LogP contribution in [0.25, 0.3) is 0 Å². The van der Waals surface area contributed by atoms with Crippen LogP contribution < -0.4 is 0 Å². The average Bonchev–Trinajstić information content (AvgIpc) is 2.85. The second kappa shape index (κ2) is 27.4. The van der Waals surface area contributed by atoms with Crippen LogP contribution >= 0.6 is 0 Å². The predicted molar refractivity (Wildman–Crippen MR) is 126 cm³/mol. The average molecular weight is 491 g/mol. The van der Waals surface area contributed by atoms with Crippen molar-refractivity contribution in [2.24, 2.45) is 0 Å². The zero-order chi connectivity index (χ0) is 25.0. The van der Waals surface area contributed by atoms with Crippen molar-refractivity contribution >= 4 is 11.9 Å². The summed E-state index contributed by atoms with van der Waals surface area (Å²) in [4.78, 5) is 21.6. The van der Waals surface area contributed by atoms with E-state index in [-0.39, 0.29) is 13.2 Å². The highest BCUT2D eigenvalue weighted by molar-refractivity contribution is 5.81. The minimum Gasteiger partial charge on any atom is -0.460 e. The standard InChI is InChI=1S/C24H42O10/c1-3-23(25)33-21-19-31-17-15-29-13-11-27-9-7-5-6-8-10-28-12-14-30-16-18-32-20-22-34-24(26)4-2/h3-4H,1-2,5-22H2. The first-order valence-electron chi connectivity index (χ1n) is 11.8. The van der Waals surface area contributed by atoms with E-state index in [0.29, 0.717) is 66.1 Å². The summed E-state index contributed by atoms with van der Waals surface area (Å²) < 4.78 is 41.9. The van der Waals surface area contributed by atoms with Gasteiger partial charge in [-0.1, -0.05) is 26.0 Å². The van der Waals surface area contributed by atoms with Gasteiger partial charge in [-0.2, -0.15) is 0 Å². The molecule has 0 saturated carbocycles. The number of hydrogen-bond donors (Lipinski definition) is 0. The molecule has 0 aromatic rings. The van der Waals surface area contributed by atoms with Gasteiger partial charge in [0.1, 0.15) is 13.2 Å². The van der Waals surface area contributed by atoms with Gasteiger partial charge in [-0.3, -0.25) is 0 Å². The SMILES string of the molecule is C=CC(=O)OCCOCCOCCOCCCCCCOCCOCCOCCOC(=O)C=C. The van der Waals surface area contributed by atoms with Gasteiger partial charge in [0.05, 0.1) is 66.1 Å². The van der Waals surface area contributed by atoms with Crippen molar-refractivity contribution < 1.29 is 47.5 Å². The van der Waals surface area contributed by atoms with Crippen molar-refractivity contribution in [1.29, 1.82) is 0 Å². The Morgan fingerprint density at radius 3 is 0.971 bits per heavy atom. The highest BCUT2D eigenvalue weighted by atomic mass is 16.6. The quantitative estimate of drug-likeness (QED) is 0.0965. The minimum atomic E-state index is -0.450. The molecule has 0 bridgehead atoms. The second-order valence-corrected chi connectivity index (χ2v) is 6.83. The van der Waals surface area contributed by atoms with E-state index in [1.54, 1.807) is 0 Å². The molecule has 0 heterocycles. The summed E-state index contributed by atoms with van der Waals surface area (Å²) in [7, 11) is 0. The maximum Gasteiger partial charge on any atom is 0.330 e. The van der Waals surface area contributed by atoms with Gasteiger partial charge in [-0.05, 0) is 12.8 Å². The maximum absolute atomic E-state index is 10.8. The number of unbranched alkanes of at least 4 members (excludes halogenated alkanes) is 3. The normalized spacial score (nSPS) is 10.7. The summed E-state index contributed by atoms with van der Waals surface area (Å²) in [5, 5.41) is 0. The van der Waals surface area contributed by atoms with Crippen LogP contribution in [0.3, 0.4) is 0 Å². The number of carbonyl (C=O) groups is 2. The molecule has 0 saturated heterocycles. The minimum absolute atomic E-state index is 0.213. The molecule has 0 aromatic heterocycles. The molecule has 0 aliphatic carbocycles. The van der Waals surface area contributed by atoms with E-state index >= 15 is 0 Å². The van der Waals surface area contributed by atoms with Gasteiger partial charge >= 0.3 is 11.9 Å². The predicted octanol–water partition coefficient (Wildman–Crippen LogP) is 2.10. The highest BCUT2D eigenvalue weighted by Gasteiger charge is 1.97. The molecular formula is C24H42O10. The largest absolute Gasteiger partial charge is 0.460 e. The lowest BCUT2D eigenvalue weighted by atomic mass is 10.2. The lowest BCUT2D eigenvalue weighted by Gasteiger charge is -2.08. The zero-order valence-electron chi connectivity index (χ0n) is 20.4. The van der Waals surface area contributed by atoms with Crippen LogP contribution in [0.1, 0.15) is 25.7 Å². The van der Waals surface area contributed by atoms with Gasteiger partial charge in [-0.15, -0.1) is 0 Å². The molecule has 0 aromatic carbocycles. The molecule has 0 N–H and O–H groups in total. The molecule has 10 heteroatoms. The van der Waals surface area contributed by atoms with Crippen LogP contribution in [0.5, 0.6) is 0 Å². The van der Waals surface area contributed by atoms with Crippen LogP contribution in [-0.4, -0.2) is 104 Å². The molecule has 0 fully saturated rings. The van der Waals surface area contributed by atoms with Crippen molar-refractivity contribution in [2.45, 2.75) is 25.7 Å². The summed E-state index contributed by atoms with van der Waals surface area (Å²) in [6.07, 6.45) is 6.48. The number of hydrogen-bond acceptors (Lipinski definition) is 10. The Morgan fingerprint density at radius 1 is 0.412 bits per heavy atom. The summed E-state index contributed by atoms with van der Waals surface area (Å²) in [6, 6.07) is 0. The molecule has 0 radical (unpaired) electrons. The van der Waals surface area contributed by atoms with Crippen molar-refractivity contribution in [1.82, 2.24) is 0 Å². The van der Waals surface area contributed by atoms with E-state index in [2.05, 4.69) is 13.2 Å². The Hall–Kier alpha value is -1.82. The molecule has 34 heavy (non-hydrogen) atoms. The molecule has 0 rings (SSSR count). The Morgan fingerprint density at radius 2 is 0.676 bits per heavy atom. The maximum atomic E-state index is 10.8. The van der Waals surface area contributed by atoms with Gasteiger partial charge in [0.2, 0.25) is 0 Å². The van der Waals surface area contributed by atoms with Crippen molar-refractivity contribution in [3.8, 4) is 0 Å². The Labute approximate surface area is 203 Å². The van der Waals surface area contributed by atoms with Crippen LogP contribution in [-0.2, 0) is 47.5 Å². The lowest BCUT2D eigenvalue weighted by Crippen LogP contribution is -2.13. The molecule has 0 aliphatic heterocycles. The van der Waals surface area contributed by atoms with E-state index < -0.39 is 11.9 Å². The third-order valence-corrected chi connectivity index (χ3v) is 4.09. The van der Waals surface area contributed by atoms with E-state index in [9.17, 15) is 9.59 Å². The summed E-state index contributed by atoms with van der Waals surface area (Å²) in [5.74, 6) is -0.899. The molecule has 0 unspecified atom stereocenters. The van der Waals surface area contributed by atoms with Crippen LogP contribution in [0, 0.1) is 0 Å². The van der Waals surface area contributed by atoms with E-state index in [4.69, 9.17) is 37.9 Å². The monoisotopic (exact) mass is 490 g/mol. The number of carbonyl (C=O) groups excluding carboxylic acids is 2. The summed E-state index contributed by atoms with van der Waals surface area (Å²) in [5.41, 5.74) is 0. The number of rotatable bonds is 27. The van der Waals surface area contributed by atoms with E-state index in [1.807, 2.05) is 0 Å². The van der Waals surface area contributed by atoms with Gasteiger partial charge < -0.3 is 37.9 Å². The second-order valence-electron chi connectivity index (χ2n) is 6.83. The zero-order valence-corrected chi connectivity index (χ0v) is 20.4. The molecule has 0 atom stereocenters. The highest BCUT2D eigenvalue weighted by Crippen LogP contribution is 2.00.